The van der Waals surface area contributed by atoms with Crippen LogP contribution in [0.3, 0.4) is 0 Å². The molecule has 0 bridgehead atoms. The van der Waals surface area contributed by atoms with E-state index in [2.05, 4.69) is 10.3 Å². The average Bonchev–Trinajstić information content (AvgIpc) is 2.49. The molecular formula is C9H12N2O2. The van der Waals surface area contributed by atoms with Crippen LogP contribution in [-0.4, -0.2) is 17.3 Å². The van der Waals surface area contributed by atoms with Crippen molar-refractivity contribution in [1.82, 2.24) is 10.3 Å². The Balaban J connectivity index is 2.42. The maximum atomic E-state index is 11.3. The van der Waals surface area contributed by atoms with E-state index in [4.69, 9.17) is 4.42 Å². The fourth-order valence-corrected chi connectivity index (χ4v) is 1.33. The van der Waals surface area contributed by atoms with Crippen LogP contribution in [0.2, 0.25) is 0 Å². The topological polar surface area (TPSA) is 55.1 Å². The molecular weight excluding hydrogens is 168 g/mol. The highest BCUT2D eigenvalue weighted by molar-refractivity contribution is 5.96. The third-order valence-electron chi connectivity index (χ3n) is 2.04. The van der Waals surface area contributed by atoms with Gasteiger partial charge in [0.2, 0.25) is 5.78 Å². The van der Waals surface area contributed by atoms with Crippen LogP contribution < -0.4 is 5.32 Å². The number of rotatable bonds is 1. The second-order valence-electron chi connectivity index (χ2n) is 3.51. The fraction of sp³-hybridized carbons (Fsp3) is 0.556. The highest BCUT2D eigenvalue weighted by atomic mass is 16.4. The van der Waals surface area contributed by atoms with Gasteiger partial charge in [0.05, 0.1) is 6.54 Å². The lowest BCUT2D eigenvalue weighted by Gasteiger charge is -2.07. The van der Waals surface area contributed by atoms with E-state index in [1.807, 2.05) is 13.8 Å². The summed E-state index contributed by atoms with van der Waals surface area (Å²) in [6, 6.07) is 0. The monoisotopic (exact) mass is 180 g/mol. The Morgan fingerprint density at radius 1 is 1.46 bits per heavy atom. The van der Waals surface area contributed by atoms with E-state index in [-0.39, 0.29) is 11.7 Å². The number of nitrogens with zero attached hydrogens (tertiary/aromatic N) is 1. The minimum atomic E-state index is 0.000602. The number of nitrogens with one attached hydrogen (secondary N) is 1. The van der Waals surface area contributed by atoms with Gasteiger partial charge < -0.3 is 9.73 Å². The normalized spacial score (nSPS) is 16.4. The van der Waals surface area contributed by atoms with Crippen molar-refractivity contribution in [3.63, 3.8) is 0 Å². The number of carbonyl (C=O) groups excluding carboxylic acids is 1. The van der Waals surface area contributed by atoms with Crippen molar-refractivity contribution < 1.29 is 9.21 Å². The van der Waals surface area contributed by atoms with Crippen LogP contribution in [0.4, 0.5) is 0 Å². The summed E-state index contributed by atoms with van der Waals surface area (Å²) in [5.41, 5.74) is 0.750. The first kappa shape index (κ1) is 8.44. The lowest BCUT2D eigenvalue weighted by atomic mass is 10.2. The lowest BCUT2D eigenvalue weighted by molar-refractivity contribution is 0.0951. The van der Waals surface area contributed by atoms with E-state index < -0.39 is 0 Å². The Hall–Kier alpha value is -1.16. The Bertz CT molecular complexity index is 341. The number of hydrogen-bond acceptors (Lipinski definition) is 4. The van der Waals surface area contributed by atoms with Gasteiger partial charge >= 0.3 is 0 Å². The number of fused-ring (bicyclic) bond motifs is 1. The van der Waals surface area contributed by atoms with Gasteiger partial charge in [0, 0.05) is 12.5 Å². The molecule has 0 spiro atoms. The molecule has 0 fully saturated rings. The zero-order chi connectivity index (χ0) is 9.42. The minimum Gasteiger partial charge on any atom is -0.437 e. The number of hydrogen-bond donors (Lipinski definition) is 1. The van der Waals surface area contributed by atoms with Gasteiger partial charge in [0.1, 0.15) is 5.69 Å². The van der Waals surface area contributed by atoms with E-state index >= 15 is 0 Å². The van der Waals surface area contributed by atoms with Crippen LogP contribution in [0.5, 0.6) is 0 Å². The molecule has 0 aliphatic carbocycles. The highest BCUT2D eigenvalue weighted by Gasteiger charge is 2.24. The van der Waals surface area contributed by atoms with Gasteiger partial charge in [0.15, 0.2) is 11.7 Å². The Labute approximate surface area is 76.3 Å². The highest BCUT2D eigenvalue weighted by Crippen LogP contribution is 2.20. The summed E-state index contributed by atoms with van der Waals surface area (Å²) in [5, 5.41) is 2.97. The van der Waals surface area contributed by atoms with Gasteiger partial charge in [-0.15, -0.1) is 0 Å². The van der Waals surface area contributed by atoms with Gasteiger partial charge in [0.25, 0.3) is 0 Å². The first-order valence-electron chi connectivity index (χ1n) is 4.42. The molecule has 2 rings (SSSR count). The van der Waals surface area contributed by atoms with Gasteiger partial charge in [-0.05, 0) is 0 Å². The third kappa shape index (κ3) is 1.37. The van der Waals surface area contributed by atoms with E-state index in [1.54, 1.807) is 0 Å². The number of aromatic nitrogens is 1. The van der Waals surface area contributed by atoms with Gasteiger partial charge in [-0.3, -0.25) is 4.79 Å². The molecule has 0 unspecified atom stereocenters. The van der Waals surface area contributed by atoms with Gasteiger partial charge in [-0.2, -0.15) is 0 Å². The maximum absolute atomic E-state index is 11.3. The smallest absolute Gasteiger partial charge is 0.213 e. The number of ketones is 1. The van der Waals surface area contributed by atoms with Crippen molar-refractivity contribution in [2.75, 3.05) is 6.54 Å². The van der Waals surface area contributed by atoms with Crippen LogP contribution in [0.15, 0.2) is 4.42 Å². The molecule has 1 aliphatic heterocycles. The van der Waals surface area contributed by atoms with Crippen molar-refractivity contribution in [1.29, 1.82) is 0 Å². The summed E-state index contributed by atoms with van der Waals surface area (Å²) in [7, 11) is 0. The van der Waals surface area contributed by atoms with Crippen LogP contribution in [0, 0.1) is 0 Å². The van der Waals surface area contributed by atoms with E-state index in [0.717, 1.165) is 5.69 Å². The molecule has 0 saturated heterocycles. The van der Waals surface area contributed by atoms with Crippen molar-refractivity contribution in [3.8, 4) is 0 Å². The molecule has 1 aromatic heterocycles. The SMILES string of the molecule is CC(C)c1nc2c(o1)C(=O)CNC2. The molecule has 1 aliphatic rings. The third-order valence-corrected chi connectivity index (χ3v) is 2.04. The molecule has 0 atom stereocenters. The van der Waals surface area contributed by atoms with Crippen molar-refractivity contribution in [2.45, 2.75) is 26.3 Å². The van der Waals surface area contributed by atoms with Crippen molar-refractivity contribution in [2.24, 2.45) is 0 Å². The molecule has 1 aromatic rings. The molecule has 0 aromatic carbocycles. The van der Waals surface area contributed by atoms with Crippen LogP contribution in [0.1, 0.15) is 41.9 Å². The molecule has 70 valence electrons. The fourth-order valence-electron chi connectivity index (χ4n) is 1.33. The van der Waals surface area contributed by atoms with Crippen LogP contribution in [0.25, 0.3) is 0 Å². The number of carbonyl (C=O) groups is 1. The van der Waals surface area contributed by atoms with Crippen molar-refractivity contribution >= 4 is 5.78 Å². The molecule has 4 heteroatoms. The van der Waals surface area contributed by atoms with Gasteiger partial charge in [-0.1, -0.05) is 13.8 Å². The summed E-state index contributed by atoms with van der Waals surface area (Å²) in [6.07, 6.45) is 0. The number of Topliss-reactive ketones (excluding diaryl/α,β-unsaturated/α-hetero) is 1. The van der Waals surface area contributed by atoms with E-state index in [0.29, 0.717) is 24.7 Å². The summed E-state index contributed by atoms with van der Waals surface area (Å²) >= 11 is 0. The zero-order valence-electron chi connectivity index (χ0n) is 7.76. The predicted molar refractivity (Wildman–Crippen MR) is 46.6 cm³/mol. The largest absolute Gasteiger partial charge is 0.437 e. The lowest BCUT2D eigenvalue weighted by Crippen LogP contribution is -2.29. The molecule has 0 radical (unpaired) electrons. The Morgan fingerprint density at radius 3 is 2.85 bits per heavy atom. The second kappa shape index (κ2) is 2.96. The molecule has 4 nitrogen and oxygen atoms in total. The quantitative estimate of drug-likeness (QED) is 0.702. The summed E-state index contributed by atoms with van der Waals surface area (Å²) in [6.45, 7) is 4.99. The first-order valence-corrected chi connectivity index (χ1v) is 4.42. The van der Waals surface area contributed by atoms with Crippen molar-refractivity contribution in [3.05, 3.63) is 17.3 Å². The zero-order valence-corrected chi connectivity index (χ0v) is 7.76. The summed E-state index contributed by atoms with van der Waals surface area (Å²) < 4.78 is 5.38. The average molecular weight is 180 g/mol. The Kier molecular flexibility index (Phi) is 1.92. The van der Waals surface area contributed by atoms with Crippen LogP contribution in [-0.2, 0) is 6.54 Å². The maximum Gasteiger partial charge on any atom is 0.213 e. The Morgan fingerprint density at radius 2 is 2.23 bits per heavy atom. The summed E-state index contributed by atoms with van der Waals surface area (Å²) in [4.78, 5) is 15.6. The molecule has 0 saturated carbocycles. The van der Waals surface area contributed by atoms with E-state index in [9.17, 15) is 4.79 Å². The minimum absolute atomic E-state index is 0.000602. The second-order valence-corrected chi connectivity index (χ2v) is 3.51. The standard InChI is InChI=1S/C9H12N2O2/c1-5(2)9-11-6-3-10-4-7(12)8(6)13-9/h5,10H,3-4H2,1-2H3. The van der Waals surface area contributed by atoms with Crippen LogP contribution >= 0.6 is 0 Å². The summed E-state index contributed by atoms with van der Waals surface area (Å²) in [5.74, 6) is 1.34. The van der Waals surface area contributed by atoms with Gasteiger partial charge in [-0.25, -0.2) is 4.98 Å². The predicted octanol–water partition coefficient (Wildman–Crippen LogP) is 1.08. The molecule has 1 N–H and O–H groups in total. The van der Waals surface area contributed by atoms with E-state index in [1.165, 1.54) is 0 Å². The molecule has 2 heterocycles. The number of oxazole rings is 1. The molecule has 13 heavy (non-hydrogen) atoms. The molecule has 0 amide bonds. The first-order chi connectivity index (χ1) is 6.18.